The largest absolute Gasteiger partial charge is 0.480 e. The molecule has 0 radical (unpaired) electrons. The minimum absolute atomic E-state index is 0.0125. The molecule has 4 nitrogen and oxygen atoms in total. The van der Waals surface area contributed by atoms with Crippen LogP contribution in [-0.4, -0.2) is 15.6 Å². The topological polar surface area (TPSA) is 44.1 Å². The maximum atomic E-state index is 13.3. The van der Waals surface area contributed by atoms with Crippen molar-refractivity contribution in [2.45, 2.75) is 12.6 Å². The van der Waals surface area contributed by atoms with Gasteiger partial charge in [-0.3, -0.25) is 9.48 Å². The lowest BCUT2D eigenvalue weighted by Crippen LogP contribution is -2.23. The Bertz CT molecular complexity index is 1210. The van der Waals surface area contributed by atoms with Crippen molar-refractivity contribution in [2.75, 3.05) is 0 Å². The fourth-order valence-electron chi connectivity index (χ4n) is 3.73. The van der Waals surface area contributed by atoms with E-state index in [2.05, 4.69) is 17.2 Å². The number of ether oxygens (including phenoxy) is 1. The van der Waals surface area contributed by atoms with Crippen molar-refractivity contribution in [3.8, 4) is 5.75 Å². The van der Waals surface area contributed by atoms with Crippen LogP contribution in [0, 0.1) is 0 Å². The van der Waals surface area contributed by atoms with Gasteiger partial charge in [-0.05, 0) is 29.3 Å². The van der Waals surface area contributed by atoms with E-state index in [-0.39, 0.29) is 5.78 Å². The van der Waals surface area contributed by atoms with Crippen molar-refractivity contribution >= 4 is 11.9 Å². The number of carbonyl (C=O) groups is 1. The number of para-hydroxylation sites is 1. The molecule has 4 heteroatoms. The van der Waals surface area contributed by atoms with Crippen LogP contribution in [0.5, 0.6) is 5.75 Å². The Morgan fingerprint density at radius 1 is 0.900 bits per heavy atom. The summed E-state index contributed by atoms with van der Waals surface area (Å²) >= 11 is 0. The second-order valence-corrected chi connectivity index (χ2v) is 7.29. The first-order chi connectivity index (χ1) is 14.8. The van der Waals surface area contributed by atoms with Crippen LogP contribution < -0.4 is 4.74 Å². The molecule has 1 aliphatic rings. The molecule has 1 atom stereocenters. The lowest BCUT2D eigenvalue weighted by Gasteiger charge is -2.28. The molecule has 4 aromatic rings. The Morgan fingerprint density at radius 3 is 2.40 bits per heavy atom. The van der Waals surface area contributed by atoms with Gasteiger partial charge in [0.2, 0.25) is 0 Å². The molecule has 0 aliphatic carbocycles. The van der Waals surface area contributed by atoms with Gasteiger partial charge in [0.1, 0.15) is 5.75 Å². The average Bonchev–Trinajstić information content (AvgIpc) is 3.24. The molecular formula is C26H20N2O2. The Labute approximate surface area is 175 Å². The number of aromatic nitrogens is 2. The Kier molecular flexibility index (Phi) is 4.74. The standard InChI is InChI=1S/C26H20N2O2/c29-25-22-13-7-8-14-24(22)30-26(21-11-5-2-6-12-21)23(25)15-20-16-27-28(18-20)17-19-9-3-1-4-10-19/h1-16,18,26H,17H2/b23-15-. The number of carbonyl (C=O) groups excluding carboxylic acids is 1. The van der Waals surface area contributed by atoms with Crippen LogP contribution in [0.15, 0.2) is 103 Å². The number of ketones is 1. The second-order valence-electron chi connectivity index (χ2n) is 7.29. The van der Waals surface area contributed by atoms with E-state index in [0.717, 1.165) is 11.1 Å². The van der Waals surface area contributed by atoms with Crippen molar-refractivity contribution in [2.24, 2.45) is 0 Å². The first-order valence-electron chi connectivity index (χ1n) is 9.91. The molecule has 0 bridgehead atoms. The maximum Gasteiger partial charge on any atom is 0.196 e. The number of rotatable bonds is 4. The summed E-state index contributed by atoms with van der Waals surface area (Å²) < 4.78 is 8.14. The molecule has 1 aromatic heterocycles. The quantitative estimate of drug-likeness (QED) is 0.441. The molecule has 5 rings (SSSR count). The molecule has 30 heavy (non-hydrogen) atoms. The van der Waals surface area contributed by atoms with Gasteiger partial charge in [0.25, 0.3) is 0 Å². The highest BCUT2D eigenvalue weighted by Gasteiger charge is 2.32. The van der Waals surface area contributed by atoms with Gasteiger partial charge >= 0.3 is 0 Å². The molecule has 0 saturated heterocycles. The van der Waals surface area contributed by atoms with E-state index in [0.29, 0.717) is 23.4 Å². The van der Waals surface area contributed by atoms with E-state index < -0.39 is 6.10 Å². The summed E-state index contributed by atoms with van der Waals surface area (Å²) in [7, 11) is 0. The number of nitrogens with zero attached hydrogens (tertiary/aromatic N) is 2. The van der Waals surface area contributed by atoms with Gasteiger partial charge in [-0.2, -0.15) is 5.10 Å². The highest BCUT2D eigenvalue weighted by atomic mass is 16.5. The van der Waals surface area contributed by atoms with Crippen LogP contribution in [0.2, 0.25) is 0 Å². The third-order valence-corrected chi connectivity index (χ3v) is 5.19. The van der Waals surface area contributed by atoms with E-state index in [1.165, 1.54) is 5.56 Å². The van der Waals surface area contributed by atoms with Crippen LogP contribution in [0.4, 0.5) is 0 Å². The Balaban J connectivity index is 1.52. The molecule has 0 N–H and O–H groups in total. The normalized spacial score (nSPS) is 16.9. The summed E-state index contributed by atoms with van der Waals surface area (Å²) in [6.45, 7) is 0.680. The Hall–Kier alpha value is -3.92. The fourth-order valence-corrected chi connectivity index (χ4v) is 3.73. The molecule has 0 amide bonds. The monoisotopic (exact) mass is 392 g/mol. The number of hydrogen-bond donors (Lipinski definition) is 0. The van der Waals surface area contributed by atoms with Crippen LogP contribution in [0.3, 0.4) is 0 Å². The SMILES string of the molecule is O=C1/C(=C/c2cnn(Cc3ccccc3)c2)C(c2ccccc2)Oc2ccccc21. The van der Waals surface area contributed by atoms with Crippen LogP contribution in [0.1, 0.15) is 33.2 Å². The first-order valence-corrected chi connectivity index (χ1v) is 9.91. The smallest absolute Gasteiger partial charge is 0.196 e. The van der Waals surface area contributed by atoms with Gasteiger partial charge in [-0.25, -0.2) is 0 Å². The fraction of sp³-hybridized carbons (Fsp3) is 0.0769. The van der Waals surface area contributed by atoms with Crippen molar-refractivity contribution in [1.82, 2.24) is 9.78 Å². The molecule has 3 aromatic carbocycles. The third kappa shape index (κ3) is 3.55. The van der Waals surface area contributed by atoms with E-state index in [1.807, 2.05) is 89.8 Å². The lowest BCUT2D eigenvalue weighted by molar-refractivity contribution is 0.0963. The predicted octanol–water partition coefficient (Wildman–Crippen LogP) is 5.33. The number of benzene rings is 3. The minimum atomic E-state index is -0.453. The van der Waals surface area contributed by atoms with Gasteiger partial charge in [-0.1, -0.05) is 72.8 Å². The van der Waals surface area contributed by atoms with Crippen molar-refractivity contribution in [3.05, 3.63) is 125 Å². The molecule has 0 fully saturated rings. The van der Waals surface area contributed by atoms with E-state index >= 15 is 0 Å². The van der Waals surface area contributed by atoms with Crippen molar-refractivity contribution in [3.63, 3.8) is 0 Å². The van der Waals surface area contributed by atoms with Crippen molar-refractivity contribution < 1.29 is 9.53 Å². The van der Waals surface area contributed by atoms with Gasteiger partial charge in [0.05, 0.1) is 18.3 Å². The summed E-state index contributed by atoms with van der Waals surface area (Å²) in [5, 5.41) is 4.46. The van der Waals surface area contributed by atoms with Crippen molar-refractivity contribution in [1.29, 1.82) is 0 Å². The van der Waals surface area contributed by atoms with Gasteiger partial charge in [0, 0.05) is 17.3 Å². The number of hydrogen-bond acceptors (Lipinski definition) is 3. The van der Waals surface area contributed by atoms with Crippen LogP contribution in [-0.2, 0) is 6.54 Å². The van der Waals surface area contributed by atoms with Crippen LogP contribution in [0.25, 0.3) is 6.08 Å². The van der Waals surface area contributed by atoms with E-state index in [1.54, 1.807) is 6.20 Å². The molecule has 0 spiro atoms. The zero-order valence-electron chi connectivity index (χ0n) is 16.3. The third-order valence-electron chi connectivity index (χ3n) is 5.19. The predicted molar refractivity (Wildman–Crippen MR) is 116 cm³/mol. The number of Topliss-reactive ketones (excluding diaryl/α,β-unsaturated/α-hetero) is 1. The highest BCUT2D eigenvalue weighted by Crippen LogP contribution is 2.39. The summed E-state index contributed by atoms with van der Waals surface area (Å²) in [6.07, 6.45) is 5.18. The van der Waals surface area contributed by atoms with Crippen LogP contribution >= 0.6 is 0 Å². The second kappa shape index (κ2) is 7.84. The lowest BCUT2D eigenvalue weighted by atomic mass is 9.90. The zero-order valence-corrected chi connectivity index (χ0v) is 16.3. The first kappa shape index (κ1) is 18.1. The summed E-state index contributed by atoms with van der Waals surface area (Å²) in [5.41, 5.74) is 4.20. The van der Waals surface area contributed by atoms with Gasteiger partial charge in [0.15, 0.2) is 11.9 Å². The molecule has 2 heterocycles. The summed E-state index contributed by atoms with van der Waals surface area (Å²) in [4.78, 5) is 13.3. The number of fused-ring (bicyclic) bond motifs is 1. The van der Waals surface area contributed by atoms with Gasteiger partial charge < -0.3 is 4.74 Å². The van der Waals surface area contributed by atoms with Gasteiger partial charge in [-0.15, -0.1) is 0 Å². The molecule has 1 unspecified atom stereocenters. The molecule has 146 valence electrons. The average molecular weight is 392 g/mol. The molecule has 1 aliphatic heterocycles. The zero-order chi connectivity index (χ0) is 20.3. The molecular weight excluding hydrogens is 372 g/mol. The highest BCUT2D eigenvalue weighted by molar-refractivity contribution is 6.14. The summed E-state index contributed by atoms with van der Waals surface area (Å²) in [6, 6.07) is 27.4. The Morgan fingerprint density at radius 2 is 1.60 bits per heavy atom. The maximum absolute atomic E-state index is 13.3. The van der Waals surface area contributed by atoms with E-state index in [9.17, 15) is 4.79 Å². The molecule has 0 saturated carbocycles. The van der Waals surface area contributed by atoms with E-state index in [4.69, 9.17) is 4.74 Å². The minimum Gasteiger partial charge on any atom is -0.480 e. The summed E-state index contributed by atoms with van der Waals surface area (Å²) in [5.74, 6) is 0.606.